The highest BCUT2D eigenvalue weighted by atomic mass is 35.5. The van der Waals surface area contributed by atoms with Gasteiger partial charge < -0.3 is 20.3 Å². The zero-order valence-corrected chi connectivity index (χ0v) is 17.3. The Hall–Kier alpha value is -3.26. The monoisotopic (exact) mass is 434 g/mol. The number of anilines is 1. The summed E-state index contributed by atoms with van der Waals surface area (Å²) in [7, 11) is 0. The van der Waals surface area contributed by atoms with Gasteiger partial charge in [0.2, 0.25) is 5.95 Å². The molecule has 156 valence electrons. The Morgan fingerprint density at radius 2 is 1.84 bits per heavy atom. The van der Waals surface area contributed by atoms with Crippen LogP contribution in [0.1, 0.15) is 16.7 Å². The molecule has 4 aromatic rings. The molecule has 7 nitrogen and oxygen atoms in total. The smallest absolute Gasteiger partial charge is 0.327 e. The third-order valence-electron chi connectivity index (χ3n) is 5.18. The highest BCUT2D eigenvalue weighted by Crippen LogP contribution is 2.40. The molecule has 0 saturated heterocycles. The van der Waals surface area contributed by atoms with Crippen molar-refractivity contribution in [1.82, 2.24) is 15.0 Å². The highest BCUT2D eigenvalue weighted by Gasteiger charge is 2.21. The molecule has 0 amide bonds. The van der Waals surface area contributed by atoms with Crippen LogP contribution in [-0.4, -0.2) is 26.7 Å². The van der Waals surface area contributed by atoms with Gasteiger partial charge in [-0.3, -0.25) is 0 Å². The molecule has 0 atom stereocenters. The van der Waals surface area contributed by atoms with E-state index in [2.05, 4.69) is 15.0 Å². The van der Waals surface area contributed by atoms with Crippen LogP contribution in [0.2, 0.25) is 5.02 Å². The molecule has 5 rings (SSSR count). The van der Waals surface area contributed by atoms with Crippen molar-refractivity contribution in [3.63, 3.8) is 0 Å². The Kier molecular flexibility index (Phi) is 5.15. The molecule has 0 unspecified atom stereocenters. The summed E-state index contributed by atoms with van der Waals surface area (Å²) in [5.74, 6) is 0.940. The minimum absolute atomic E-state index is 0.0387. The number of nitrogens with two attached hydrogens (primary N) is 1. The van der Waals surface area contributed by atoms with Crippen molar-refractivity contribution in [1.29, 1.82) is 0 Å². The molecule has 1 aliphatic rings. The van der Waals surface area contributed by atoms with E-state index in [9.17, 15) is 0 Å². The summed E-state index contributed by atoms with van der Waals surface area (Å²) >= 11 is 6.65. The SMILES string of the molecule is Nc1nc(Oc2ccc(CCO)cc2)nc(-c2c(Cl)cc3c4c(cccc24)COC3)n1. The number of benzene rings is 3. The van der Waals surface area contributed by atoms with Gasteiger partial charge in [-0.25, -0.2) is 0 Å². The van der Waals surface area contributed by atoms with Gasteiger partial charge in [-0.1, -0.05) is 41.9 Å². The summed E-state index contributed by atoms with van der Waals surface area (Å²) in [5, 5.41) is 11.6. The average molecular weight is 435 g/mol. The Balaban J connectivity index is 1.58. The molecule has 0 aliphatic carbocycles. The van der Waals surface area contributed by atoms with E-state index in [1.165, 1.54) is 0 Å². The van der Waals surface area contributed by atoms with Crippen LogP contribution < -0.4 is 10.5 Å². The number of hydrogen-bond donors (Lipinski definition) is 2. The number of hydrogen-bond acceptors (Lipinski definition) is 7. The minimum Gasteiger partial charge on any atom is -0.424 e. The van der Waals surface area contributed by atoms with Crippen LogP contribution in [0.25, 0.3) is 22.2 Å². The van der Waals surface area contributed by atoms with E-state index in [4.69, 9.17) is 31.9 Å². The lowest BCUT2D eigenvalue weighted by molar-refractivity contribution is 0.103. The first-order valence-corrected chi connectivity index (χ1v) is 10.2. The number of aliphatic hydroxyl groups is 1. The number of aromatic nitrogens is 3. The van der Waals surface area contributed by atoms with E-state index in [0.29, 0.717) is 41.8 Å². The Labute approximate surface area is 183 Å². The number of halogens is 1. The van der Waals surface area contributed by atoms with Crippen LogP contribution in [0.15, 0.2) is 48.5 Å². The van der Waals surface area contributed by atoms with Gasteiger partial charge in [-0.2, -0.15) is 15.0 Å². The number of ether oxygens (including phenoxy) is 2. The second kappa shape index (κ2) is 8.11. The summed E-state index contributed by atoms with van der Waals surface area (Å²) < 4.78 is 11.5. The fraction of sp³-hybridized carbons (Fsp3) is 0.174. The van der Waals surface area contributed by atoms with E-state index in [1.54, 1.807) is 12.1 Å². The van der Waals surface area contributed by atoms with E-state index in [0.717, 1.165) is 27.5 Å². The van der Waals surface area contributed by atoms with Crippen molar-refractivity contribution in [2.75, 3.05) is 12.3 Å². The Morgan fingerprint density at radius 3 is 2.65 bits per heavy atom. The molecule has 0 saturated carbocycles. The molecule has 31 heavy (non-hydrogen) atoms. The third kappa shape index (κ3) is 3.79. The van der Waals surface area contributed by atoms with E-state index < -0.39 is 0 Å². The molecule has 0 bridgehead atoms. The van der Waals surface area contributed by atoms with Crippen molar-refractivity contribution in [3.8, 4) is 23.1 Å². The highest BCUT2D eigenvalue weighted by molar-refractivity contribution is 6.35. The van der Waals surface area contributed by atoms with Crippen molar-refractivity contribution < 1.29 is 14.6 Å². The zero-order valence-electron chi connectivity index (χ0n) is 16.5. The number of aliphatic hydroxyl groups excluding tert-OH is 1. The third-order valence-corrected chi connectivity index (χ3v) is 5.48. The van der Waals surface area contributed by atoms with Crippen LogP contribution in [0.3, 0.4) is 0 Å². The maximum absolute atomic E-state index is 9.06. The maximum atomic E-state index is 9.06. The topological polar surface area (TPSA) is 103 Å². The van der Waals surface area contributed by atoms with Crippen molar-refractivity contribution in [2.45, 2.75) is 19.6 Å². The molecule has 3 aromatic carbocycles. The lowest BCUT2D eigenvalue weighted by Crippen LogP contribution is -2.07. The molecule has 1 aliphatic heterocycles. The first-order valence-electron chi connectivity index (χ1n) is 9.82. The van der Waals surface area contributed by atoms with Gasteiger partial charge in [0, 0.05) is 12.2 Å². The molecule has 3 N–H and O–H groups in total. The van der Waals surface area contributed by atoms with E-state index in [1.807, 2.05) is 36.4 Å². The molecule has 8 heteroatoms. The second-order valence-corrected chi connectivity index (χ2v) is 7.65. The molecule has 0 spiro atoms. The van der Waals surface area contributed by atoms with Crippen LogP contribution >= 0.6 is 11.6 Å². The summed E-state index contributed by atoms with van der Waals surface area (Å²) in [6.45, 7) is 1.15. The predicted molar refractivity (Wildman–Crippen MR) is 118 cm³/mol. The average Bonchev–Trinajstić information content (AvgIpc) is 2.75. The van der Waals surface area contributed by atoms with Gasteiger partial charge in [0.1, 0.15) is 5.75 Å². The lowest BCUT2D eigenvalue weighted by atomic mass is 9.94. The first kappa shape index (κ1) is 19.7. The van der Waals surface area contributed by atoms with Crippen molar-refractivity contribution in [3.05, 3.63) is 70.2 Å². The first-order chi connectivity index (χ1) is 15.1. The number of rotatable bonds is 5. The molecular weight excluding hydrogens is 416 g/mol. The summed E-state index contributed by atoms with van der Waals surface area (Å²) in [5.41, 5.74) is 9.79. The standard InChI is InChI=1S/C23H19ClN4O3/c24-18-10-15-12-30-11-14-2-1-3-17(19(14)15)20(18)21-26-22(25)28-23(27-21)31-16-6-4-13(5-7-16)8-9-29/h1-7,10,29H,8-9,11-12H2,(H2,25,26,27,28). The van der Waals surface area contributed by atoms with E-state index >= 15 is 0 Å². The van der Waals surface area contributed by atoms with Gasteiger partial charge in [0.05, 0.1) is 18.2 Å². The molecule has 0 fully saturated rings. The molecule has 1 aromatic heterocycles. The Bertz CT molecular complexity index is 1280. The van der Waals surface area contributed by atoms with Crippen LogP contribution in [-0.2, 0) is 24.4 Å². The quantitative estimate of drug-likeness (QED) is 0.483. The Morgan fingerprint density at radius 1 is 1.03 bits per heavy atom. The minimum atomic E-state index is 0.0387. The van der Waals surface area contributed by atoms with Gasteiger partial charge >= 0.3 is 6.01 Å². The van der Waals surface area contributed by atoms with Gasteiger partial charge in [-0.05, 0) is 52.1 Å². The molecule has 2 heterocycles. The van der Waals surface area contributed by atoms with Gasteiger partial charge in [0.15, 0.2) is 5.82 Å². The van der Waals surface area contributed by atoms with Crippen molar-refractivity contribution in [2.24, 2.45) is 0 Å². The summed E-state index contributed by atoms with van der Waals surface area (Å²) in [6, 6.07) is 15.3. The zero-order chi connectivity index (χ0) is 21.4. The maximum Gasteiger partial charge on any atom is 0.327 e. The molecule has 0 radical (unpaired) electrons. The summed E-state index contributed by atoms with van der Waals surface area (Å²) in [6.07, 6.45) is 0.581. The van der Waals surface area contributed by atoms with E-state index in [-0.39, 0.29) is 18.6 Å². The van der Waals surface area contributed by atoms with Crippen molar-refractivity contribution >= 4 is 28.3 Å². The normalized spacial score (nSPS) is 12.8. The fourth-order valence-corrected chi connectivity index (χ4v) is 4.15. The molecular formula is C23H19ClN4O3. The number of nitrogens with zero attached hydrogens (tertiary/aromatic N) is 3. The van der Waals surface area contributed by atoms with Gasteiger partial charge in [0.25, 0.3) is 0 Å². The van der Waals surface area contributed by atoms with Crippen LogP contribution in [0, 0.1) is 0 Å². The second-order valence-electron chi connectivity index (χ2n) is 7.24. The van der Waals surface area contributed by atoms with Crippen LogP contribution in [0.4, 0.5) is 5.95 Å². The van der Waals surface area contributed by atoms with Gasteiger partial charge in [-0.15, -0.1) is 0 Å². The lowest BCUT2D eigenvalue weighted by Gasteiger charge is -2.20. The predicted octanol–water partition coefficient (Wildman–Crippen LogP) is 4.28. The fourth-order valence-electron chi connectivity index (χ4n) is 3.83. The number of nitrogen functional groups attached to an aromatic ring is 1. The largest absolute Gasteiger partial charge is 0.424 e. The summed E-state index contributed by atoms with van der Waals surface area (Å²) in [4.78, 5) is 12.9. The van der Waals surface area contributed by atoms with Crippen LogP contribution in [0.5, 0.6) is 11.8 Å².